The number of ether oxygens (including phenoxy) is 1. The second kappa shape index (κ2) is 4.57. The van der Waals surface area contributed by atoms with Crippen molar-refractivity contribution in [2.75, 3.05) is 19.0 Å². The highest BCUT2D eigenvalue weighted by atomic mass is 16.5. The van der Waals surface area contributed by atoms with Gasteiger partial charge in [0.1, 0.15) is 18.2 Å². The minimum atomic E-state index is -0.165. The maximum Gasteiger partial charge on any atom is 0.179 e. The molecule has 0 saturated heterocycles. The van der Waals surface area contributed by atoms with Crippen molar-refractivity contribution in [3.05, 3.63) is 18.0 Å². The maximum absolute atomic E-state index is 5.69. The molecule has 98 valence electrons. The predicted molar refractivity (Wildman–Crippen MR) is 72.8 cm³/mol. The number of hydrogen-bond donors (Lipinski definition) is 1. The fourth-order valence-corrected chi connectivity index (χ4v) is 1.53. The summed E-state index contributed by atoms with van der Waals surface area (Å²) in [6.45, 7) is 6.55. The smallest absolute Gasteiger partial charge is 0.179 e. The number of aromatic nitrogens is 3. The first-order valence-electron chi connectivity index (χ1n) is 6.02. The third-order valence-electron chi connectivity index (χ3n) is 2.48. The monoisotopic (exact) mass is 248 g/mol. The third kappa shape index (κ3) is 2.98. The minimum absolute atomic E-state index is 0.165. The Morgan fingerprint density at radius 1 is 1.22 bits per heavy atom. The van der Waals surface area contributed by atoms with Crippen LogP contribution in [0.5, 0.6) is 0 Å². The number of H-pyrrole nitrogens is 1. The third-order valence-corrected chi connectivity index (χ3v) is 2.48. The zero-order valence-corrected chi connectivity index (χ0v) is 11.6. The van der Waals surface area contributed by atoms with E-state index in [2.05, 4.69) is 15.0 Å². The van der Waals surface area contributed by atoms with Gasteiger partial charge in [-0.2, -0.15) is 0 Å². The predicted octanol–water partition coefficient (Wildman–Crippen LogP) is 2.34. The van der Waals surface area contributed by atoms with E-state index in [-0.39, 0.29) is 5.60 Å². The number of rotatable bonds is 3. The highest BCUT2D eigenvalue weighted by molar-refractivity contribution is 5.72. The molecule has 5 heteroatoms. The van der Waals surface area contributed by atoms with E-state index in [9.17, 15) is 0 Å². The highest BCUT2D eigenvalue weighted by Gasteiger charge is 2.12. The van der Waals surface area contributed by atoms with Crippen LogP contribution in [0.25, 0.3) is 11.2 Å². The van der Waals surface area contributed by atoms with Crippen molar-refractivity contribution in [3.63, 3.8) is 0 Å². The highest BCUT2D eigenvalue weighted by Crippen LogP contribution is 2.16. The number of aromatic amines is 1. The summed E-state index contributed by atoms with van der Waals surface area (Å²) in [5.74, 6) is 1.71. The number of hydrogen-bond acceptors (Lipinski definition) is 4. The SMILES string of the molecule is CN(C)c1ccc2[nH]c(COC(C)(C)C)nc2n1. The largest absolute Gasteiger partial charge is 0.368 e. The summed E-state index contributed by atoms with van der Waals surface area (Å²) >= 11 is 0. The van der Waals surface area contributed by atoms with Crippen LogP contribution < -0.4 is 4.90 Å². The molecule has 2 rings (SSSR count). The van der Waals surface area contributed by atoms with Crippen molar-refractivity contribution in [2.45, 2.75) is 33.0 Å². The van der Waals surface area contributed by atoms with Crippen molar-refractivity contribution in [1.29, 1.82) is 0 Å². The summed E-state index contributed by atoms with van der Waals surface area (Å²) in [5.41, 5.74) is 1.50. The van der Waals surface area contributed by atoms with Crippen LogP contribution in [0.3, 0.4) is 0 Å². The van der Waals surface area contributed by atoms with Gasteiger partial charge >= 0.3 is 0 Å². The summed E-state index contributed by atoms with van der Waals surface area (Å²) in [4.78, 5) is 14.1. The van der Waals surface area contributed by atoms with E-state index in [1.54, 1.807) is 0 Å². The number of pyridine rings is 1. The molecular formula is C13H20N4O. The van der Waals surface area contributed by atoms with Crippen LogP contribution in [0, 0.1) is 0 Å². The molecule has 18 heavy (non-hydrogen) atoms. The van der Waals surface area contributed by atoms with Crippen LogP contribution >= 0.6 is 0 Å². The summed E-state index contributed by atoms with van der Waals surface area (Å²) in [5, 5.41) is 0. The summed E-state index contributed by atoms with van der Waals surface area (Å²) in [7, 11) is 3.93. The van der Waals surface area contributed by atoms with Crippen molar-refractivity contribution in [1.82, 2.24) is 15.0 Å². The standard InChI is InChI=1S/C13H20N4O/c1-13(2,3)18-8-10-14-9-6-7-11(17(4)5)16-12(9)15-10/h6-7H,8H2,1-5H3,(H,14,15,16). The first kappa shape index (κ1) is 12.8. The number of fused-ring (bicyclic) bond motifs is 1. The Hall–Kier alpha value is -1.62. The second-order valence-corrected chi connectivity index (χ2v) is 5.52. The molecule has 0 atom stereocenters. The molecule has 2 aromatic heterocycles. The summed E-state index contributed by atoms with van der Waals surface area (Å²) < 4.78 is 5.69. The molecule has 0 aliphatic rings. The van der Waals surface area contributed by atoms with E-state index in [1.165, 1.54) is 0 Å². The minimum Gasteiger partial charge on any atom is -0.368 e. The molecule has 0 aromatic carbocycles. The molecule has 0 saturated carbocycles. The number of nitrogens with zero attached hydrogens (tertiary/aromatic N) is 3. The molecule has 2 heterocycles. The lowest BCUT2D eigenvalue weighted by molar-refractivity contribution is -0.0177. The molecule has 0 radical (unpaired) electrons. The van der Waals surface area contributed by atoms with E-state index in [0.717, 1.165) is 22.8 Å². The van der Waals surface area contributed by atoms with Crippen LogP contribution in [0.15, 0.2) is 12.1 Å². The van der Waals surface area contributed by atoms with E-state index in [0.29, 0.717) is 6.61 Å². The Kier molecular flexibility index (Phi) is 3.26. The molecule has 0 unspecified atom stereocenters. The normalized spacial score (nSPS) is 12.1. The first-order chi connectivity index (χ1) is 8.35. The van der Waals surface area contributed by atoms with Crippen molar-refractivity contribution in [2.24, 2.45) is 0 Å². The van der Waals surface area contributed by atoms with Gasteiger partial charge in [0.2, 0.25) is 0 Å². The van der Waals surface area contributed by atoms with Gasteiger partial charge in [-0.1, -0.05) is 0 Å². The molecule has 0 amide bonds. The van der Waals surface area contributed by atoms with E-state index >= 15 is 0 Å². The van der Waals surface area contributed by atoms with E-state index in [4.69, 9.17) is 4.74 Å². The molecule has 1 N–H and O–H groups in total. The van der Waals surface area contributed by atoms with Gasteiger partial charge in [0.05, 0.1) is 11.1 Å². The van der Waals surface area contributed by atoms with Crippen LogP contribution in [0.1, 0.15) is 26.6 Å². The van der Waals surface area contributed by atoms with Gasteiger partial charge in [-0.05, 0) is 32.9 Å². The van der Waals surface area contributed by atoms with Crippen molar-refractivity contribution in [3.8, 4) is 0 Å². The molecule has 5 nitrogen and oxygen atoms in total. The lowest BCUT2D eigenvalue weighted by atomic mass is 10.2. The molecule has 0 spiro atoms. The average molecular weight is 248 g/mol. The van der Waals surface area contributed by atoms with Crippen molar-refractivity contribution >= 4 is 17.0 Å². The van der Waals surface area contributed by atoms with Gasteiger partial charge in [-0.25, -0.2) is 9.97 Å². The molecule has 0 bridgehead atoms. The molecule has 0 aliphatic carbocycles. The van der Waals surface area contributed by atoms with Crippen LogP contribution in [0.4, 0.5) is 5.82 Å². The van der Waals surface area contributed by atoms with Crippen LogP contribution in [0.2, 0.25) is 0 Å². The fraction of sp³-hybridized carbons (Fsp3) is 0.538. The second-order valence-electron chi connectivity index (χ2n) is 5.52. The number of anilines is 1. The van der Waals surface area contributed by atoms with E-state index in [1.807, 2.05) is 51.9 Å². The van der Waals surface area contributed by atoms with Gasteiger partial charge in [0, 0.05) is 14.1 Å². The van der Waals surface area contributed by atoms with Gasteiger partial charge in [0.25, 0.3) is 0 Å². The Labute approximate surface area is 107 Å². The molecule has 2 aromatic rings. The average Bonchev–Trinajstić information content (AvgIpc) is 2.66. The Morgan fingerprint density at radius 3 is 2.56 bits per heavy atom. The summed E-state index contributed by atoms with van der Waals surface area (Å²) in [6.07, 6.45) is 0. The summed E-state index contributed by atoms with van der Waals surface area (Å²) in [6, 6.07) is 3.96. The maximum atomic E-state index is 5.69. The zero-order valence-electron chi connectivity index (χ0n) is 11.6. The van der Waals surface area contributed by atoms with Gasteiger partial charge in [0.15, 0.2) is 5.65 Å². The molecule has 0 fully saturated rings. The van der Waals surface area contributed by atoms with E-state index < -0.39 is 0 Å². The van der Waals surface area contributed by atoms with Gasteiger partial charge in [-0.3, -0.25) is 0 Å². The Morgan fingerprint density at radius 2 is 1.94 bits per heavy atom. The van der Waals surface area contributed by atoms with Crippen LogP contribution in [-0.2, 0) is 11.3 Å². The number of nitrogens with one attached hydrogen (secondary N) is 1. The lowest BCUT2D eigenvalue weighted by Crippen LogP contribution is -2.19. The Bertz CT molecular complexity index is 539. The number of imidazole rings is 1. The first-order valence-corrected chi connectivity index (χ1v) is 6.02. The van der Waals surface area contributed by atoms with Crippen molar-refractivity contribution < 1.29 is 4.74 Å². The topological polar surface area (TPSA) is 54.0 Å². The van der Waals surface area contributed by atoms with Gasteiger partial charge in [-0.15, -0.1) is 0 Å². The quantitative estimate of drug-likeness (QED) is 0.905. The zero-order chi connectivity index (χ0) is 13.3. The fourth-order valence-electron chi connectivity index (χ4n) is 1.53. The van der Waals surface area contributed by atoms with Crippen LogP contribution in [-0.4, -0.2) is 34.6 Å². The Balaban J connectivity index is 2.22. The van der Waals surface area contributed by atoms with Gasteiger partial charge < -0.3 is 14.6 Å². The molecule has 0 aliphatic heterocycles. The molecular weight excluding hydrogens is 228 g/mol. The lowest BCUT2D eigenvalue weighted by Gasteiger charge is -2.18.